The first-order chi connectivity index (χ1) is 7.18. The van der Waals surface area contributed by atoms with Gasteiger partial charge in [-0.3, -0.25) is 4.79 Å². The second-order valence-corrected chi connectivity index (χ2v) is 3.71. The predicted molar refractivity (Wildman–Crippen MR) is 60.3 cm³/mol. The van der Waals surface area contributed by atoms with Crippen LogP contribution in [0.2, 0.25) is 5.02 Å². The molecule has 2 rings (SSSR count). The molecule has 2 aromatic carbocycles. The Balaban J connectivity index is 2.59. The maximum atomic E-state index is 10.6. The van der Waals surface area contributed by atoms with E-state index in [1.807, 2.05) is 30.3 Å². The van der Waals surface area contributed by atoms with Gasteiger partial charge in [0, 0.05) is 5.39 Å². The third-order valence-corrected chi connectivity index (χ3v) is 2.73. The van der Waals surface area contributed by atoms with E-state index in [0.29, 0.717) is 10.6 Å². The van der Waals surface area contributed by atoms with Crippen LogP contribution in [0.25, 0.3) is 10.8 Å². The van der Waals surface area contributed by atoms with Crippen molar-refractivity contribution in [3.8, 4) is 0 Å². The van der Waals surface area contributed by atoms with E-state index in [4.69, 9.17) is 16.7 Å². The molecule has 0 aliphatic rings. The minimum atomic E-state index is -0.868. The molecule has 2 nitrogen and oxygen atoms in total. The van der Waals surface area contributed by atoms with Crippen LogP contribution in [0.3, 0.4) is 0 Å². The summed E-state index contributed by atoms with van der Waals surface area (Å²) in [4.78, 5) is 10.6. The molecule has 0 aromatic heterocycles. The molecule has 0 saturated heterocycles. The monoisotopic (exact) mass is 220 g/mol. The van der Waals surface area contributed by atoms with E-state index >= 15 is 0 Å². The van der Waals surface area contributed by atoms with Crippen molar-refractivity contribution in [3.63, 3.8) is 0 Å². The summed E-state index contributed by atoms with van der Waals surface area (Å²) >= 11 is 6.12. The molecule has 0 unspecified atom stereocenters. The lowest BCUT2D eigenvalue weighted by Gasteiger charge is -2.05. The Bertz CT molecular complexity index is 520. The van der Waals surface area contributed by atoms with Crippen LogP contribution in [0.5, 0.6) is 0 Å². The Kier molecular flexibility index (Phi) is 2.60. The van der Waals surface area contributed by atoms with Gasteiger partial charge in [0.25, 0.3) is 0 Å². The van der Waals surface area contributed by atoms with Crippen LogP contribution in [-0.2, 0) is 11.2 Å². The molecule has 0 heterocycles. The topological polar surface area (TPSA) is 37.3 Å². The zero-order valence-corrected chi connectivity index (χ0v) is 8.66. The standard InChI is InChI=1S/C12H9ClO2/c13-12-9(7-11(14)15)6-5-8-3-1-2-4-10(8)12/h1-6H,7H2,(H,14,15). The molecule has 2 aromatic rings. The van der Waals surface area contributed by atoms with Gasteiger partial charge in [0.05, 0.1) is 11.4 Å². The van der Waals surface area contributed by atoms with E-state index in [9.17, 15) is 4.79 Å². The van der Waals surface area contributed by atoms with Crippen molar-refractivity contribution < 1.29 is 9.90 Å². The minimum absolute atomic E-state index is 0.0380. The second-order valence-electron chi connectivity index (χ2n) is 3.33. The molecule has 0 saturated carbocycles. The number of benzene rings is 2. The van der Waals surface area contributed by atoms with Crippen LogP contribution < -0.4 is 0 Å². The molecule has 3 heteroatoms. The number of carboxylic acids is 1. The number of aliphatic carboxylic acids is 1. The van der Waals surface area contributed by atoms with E-state index in [2.05, 4.69) is 0 Å². The van der Waals surface area contributed by atoms with Crippen molar-refractivity contribution >= 4 is 28.3 Å². The Morgan fingerprint density at radius 1 is 1.20 bits per heavy atom. The molecule has 1 N–H and O–H groups in total. The first-order valence-corrected chi connectivity index (χ1v) is 4.94. The smallest absolute Gasteiger partial charge is 0.307 e. The maximum Gasteiger partial charge on any atom is 0.307 e. The van der Waals surface area contributed by atoms with Crippen molar-refractivity contribution in [2.45, 2.75) is 6.42 Å². The van der Waals surface area contributed by atoms with E-state index in [-0.39, 0.29) is 6.42 Å². The highest BCUT2D eigenvalue weighted by atomic mass is 35.5. The first kappa shape index (κ1) is 9.99. The summed E-state index contributed by atoms with van der Waals surface area (Å²) in [6.45, 7) is 0. The van der Waals surface area contributed by atoms with Gasteiger partial charge in [-0.25, -0.2) is 0 Å². The highest BCUT2D eigenvalue weighted by Gasteiger charge is 2.07. The van der Waals surface area contributed by atoms with Crippen molar-refractivity contribution in [3.05, 3.63) is 47.0 Å². The summed E-state index contributed by atoms with van der Waals surface area (Å²) in [6.07, 6.45) is -0.0380. The molecule has 76 valence electrons. The third kappa shape index (κ3) is 1.95. The summed E-state index contributed by atoms with van der Waals surface area (Å²) in [7, 11) is 0. The second kappa shape index (κ2) is 3.91. The minimum Gasteiger partial charge on any atom is -0.481 e. The molecule has 0 radical (unpaired) electrons. The molecule has 0 spiro atoms. The van der Waals surface area contributed by atoms with Crippen LogP contribution in [0.15, 0.2) is 36.4 Å². The molecule has 15 heavy (non-hydrogen) atoms. The number of carbonyl (C=O) groups is 1. The normalized spacial score (nSPS) is 10.5. The van der Waals surface area contributed by atoms with Gasteiger partial charge in [-0.15, -0.1) is 0 Å². The van der Waals surface area contributed by atoms with Gasteiger partial charge in [0.15, 0.2) is 0 Å². The van der Waals surface area contributed by atoms with Gasteiger partial charge < -0.3 is 5.11 Å². The maximum absolute atomic E-state index is 10.6. The SMILES string of the molecule is O=C(O)Cc1ccc2ccccc2c1Cl. The predicted octanol–water partition coefficient (Wildman–Crippen LogP) is 3.12. The molecule has 0 fully saturated rings. The summed E-state index contributed by atoms with van der Waals surface area (Å²) in [5.74, 6) is -0.868. The number of carboxylic acid groups (broad SMARTS) is 1. The average molecular weight is 221 g/mol. The Morgan fingerprint density at radius 2 is 1.93 bits per heavy atom. The molecular formula is C12H9ClO2. The lowest BCUT2D eigenvalue weighted by atomic mass is 10.1. The lowest BCUT2D eigenvalue weighted by Crippen LogP contribution is -2.00. The Morgan fingerprint density at radius 3 is 2.67 bits per heavy atom. The zero-order chi connectivity index (χ0) is 10.8. The van der Waals surface area contributed by atoms with Crippen molar-refractivity contribution in [1.82, 2.24) is 0 Å². The van der Waals surface area contributed by atoms with Crippen LogP contribution in [0.4, 0.5) is 0 Å². The van der Waals surface area contributed by atoms with E-state index in [1.165, 1.54) is 0 Å². The number of fused-ring (bicyclic) bond motifs is 1. The van der Waals surface area contributed by atoms with E-state index < -0.39 is 5.97 Å². The molecule has 0 aliphatic carbocycles. The number of halogens is 1. The van der Waals surface area contributed by atoms with Gasteiger partial charge in [-0.1, -0.05) is 48.0 Å². The Hall–Kier alpha value is -1.54. The fourth-order valence-electron chi connectivity index (χ4n) is 1.58. The van der Waals surface area contributed by atoms with Gasteiger partial charge in [0.1, 0.15) is 0 Å². The van der Waals surface area contributed by atoms with E-state index in [0.717, 1.165) is 10.8 Å². The molecule has 0 bridgehead atoms. The van der Waals surface area contributed by atoms with Crippen molar-refractivity contribution in [2.24, 2.45) is 0 Å². The number of hydrogen-bond donors (Lipinski definition) is 1. The van der Waals surface area contributed by atoms with Crippen LogP contribution in [0, 0.1) is 0 Å². The van der Waals surface area contributed by atoms with Crippen molar-refractivity contribution in [2.75, 3.05) is 0 Å². The summed E-state index contributed by atoms with van der Waals surface area (Å²) in [5, 5.41) is 11.2. The fraction of sp³-hybridized carbons (Fsp3) is 0.0833. The van der Waals surface area contributed by atoms with E-state index in [1.54, 1.807) is 6.07 Å². The number of rotatable bonds is 2. The molecular weight excluding hydrogens is 212 g/mol. The average Bonchev–Trinajstić information content (AvgIpc) is 2.22. The quantitative estimate of drug-likeness (QED) is 0.844. The van der Waals surface area contributed by atoms with Crippen LogP contribution in [0.1, 0.15) is 5.56 Å². The van der Waals surface area contributed by atoms with Crippen molar-refractivity contribution in [1.29, 1.82) is 0 Å². The summed E-state index contributed by atoms with van der Waals surface area (Å²) in [6, 6.07) is 11.3. The van der Waals surface area contributed by atoms with Crippen LogP contribution >= 0.6 is 11.6 Å². The van der Waals surface area contributed by atoms with Gasteiger partial charge in [0.2, 0.25) is 0 Å². The highest BCUT2D eigenvalue weighted by Crippen LogP contribution is 2.27. The molecule has 0 aliphatic heterocycles. The van der Waals surface area contributed by atoms with Gasteiger partial charge in [-0.2, -0.15) is 0 Å². The fourth-order valence-corrected chi connectivity index (χ4v) is 1.88. The first-order valence-electron chi connectivity index (χ1n) is 4.56. The zero-order valence-electron chi connectivity index (χ0n) is 7.90. The number of hydrogen-bond acceptors (Lipinski definition) is 1. The van der Waals surface area contributed by atoms with Gasteiger partial charge in [-0.05, 0) is 10.9 Å². The lowest BCUT2D eigenvalue weighted by molar-refractivity contribution is -0.136. The Labute approximate surface area is 92.1 Å². The summed E-state index contributed by atoms with van der Waals surface area (Å²) < 4.78 is 0. The van der Waals surface area contributed by atoms with Crippen LogP contribution in [-0.4, -0.2) is 11.1 Å². The van der Waals surface area contributed by atoms with Gasteiger partial charge >= 0.3 is 5.97 Å². The molecule has 0 amide bonds. The highest BCUT2D eigenvalue weighted by molar-refractivity contribution is 6.36. The summed E-state index contributed by atoms with van der Waals surface area (Å²) in [5.41, 5.74) is 0.655. The largest absolute Gasteiger partial charge is 0.481 e. The molecule has 0 atom stereocenters. The third-order valence-electron chi connectivity index (χ3n) is 2.28.